The molecule has 1 N–H and O–H groups in total. The normalized spacial score (nSPS) is 15.5. The van der Waals surface area contributed by atoms with Crippen LogP contribution in [0.4, 0.5) is 0 Å². The summed E-state index contributed by atoms with van der Waals surface area (Å²) in [5.41, 5.74) is 4.30. The number of fused-ring (bicyclic) bond motifs is 1. The highest BCUT2D eigenvalue weighted by molar-refractivity contribution is 7.12. The Morgan fingerprint density at radius 1 is 1.21 bits per heavy atom. The van der Waals surface area contributed by atoms with Crippen molar-refractivity contribution in [1.82, 2.24) is 5.32 Å². The third-order valence-electron chi connectivity index (χ3n) is 3.87. The second kappa shape index (κ2) is 5.48. The second-order valence-electron chi connectivity index (χ2n) is 5.35. The van der Waals surface area contributed by atoms with Crippen molar-refractivity contribution in [2.24, 2.45) is 0 Å². The van der Waals surface area contributed by atoms with Gasteiger partial charge in [0.05, 0.1) is 6.04 Å². The van der Waals surface area contributed by atoms with Gasteiger partial charge in [0, 0.05) is 9.75 Å². The Kier molecular flexibility index (Phi) is 3.72. The molecule has 0 radical (unpaired) electrons. The van der Waals surface area contributed by atoms with Gasteiger partial charge in [0.25, 0.3) is 0 Å². The molecule has 1 nitrogen and oxygen atoms in total. The molecule has 0 saturated heterocycles. The van der Waals surface area contributed by atoms with Gasteiger partial charge in [-0.15, -0.1) is 11.3 Å². The first-order chi connectivity index (χ1) is 9.28. The maximum Gasteiger partial charge on any atom is 0.0671 e. The Morgan fingerprint density at radius 2 is 2.00 bits per heavy atom. The molecule has 2 aromatic rings. The molecule has 1 aromatic carbocycles. The molecule has 1 unspecified atom stereocenters. The number of rotatable bonds is 4. The highest BCUT2D eigenvalue weighted by Crippen LogP contribution is 2.36. The smallest absolute Gasteiger partial charge is 0.0671 e. The van der Waals surface area contributed by atoms with Crippen LogP contribution in [-0.4, -0.2) is 6.54 Å². The lowest BCUT2D eigenvalue weighted by molar-refractivity contribution is 0.639. The van der Waals surface area contributed by atoms with E-state index in [9.17, 15) is 0 Å². The second-order valence-corrected chi connectivity index (χ2v) is 6.52. The third-order valence-corrected chi connectivity index (χ3v) is 5.17. The van der Waals surface area contributed by atoms with Crippen molar-refractivity contribution in [3.63, 3.8) is 0 Å². The van der Waals surface area contributed by atoms with Gasteiger partial charge in [-0.25, -0.2) is 0 Å². The molecular formula is C17H21NS. The van der Waals surface area contributed by atoms with Gasteiger partial charge in [0.1, 0.15) is 0 Å². The first kappa shape index (κ1) is 12.9. The lowest BCUT2D eigenvalue weighted by Gasteiger charge is -2.17. The quantitative estimate of drug-likeness (QED) is 0.877. The number of nitrogens with one attached hydrogen (secondary N) is 1. The number of thiophene rings is 1. The van der Waals surface area contributed by atoms with E-state index in [4.69, 9.17) is 0 Å². The van der Waals surface area contributed by atoms with E-state index in [1.165, 1.54) is 35.3 Å². The zero-order valence-electron chi connectivity index (χ0n) is 11.7. The highest BCUT2D eigenvalue weighted by Gasteiger charge is 2.20. The van der Waals surface area contributed by atoms with Gasteiger partial charge in [-0.05, 0) is 49.9 Å². The molecule has 1 aliphatic carbocycles. The molecule has 0 aliphatic heterocycles. The van der Waals surface area contributed by atoms with Gasteiger partial charge in [-0.2, -0.15) is 0 Å². The third kappa shape index (κ3) is 2.60. The Bertz CT molecular complexity index is 532. The zero-order chi connectivity index (χ0) is 13.2. The van der Waals surface area contributed by atoms with Crippen molar-refractivity contribution >= 4 is 11.3 Å². The minimum Gasteiger partial charge on any atom is -0.306 e. The summed E-state index contributed by atoms with van der Waals surface area (Å²) in [7, 11) is 0. The molecule has 0 saturated carbocycles. The van der Waals surface area contributed by atoms with Crippen molar-refractivity contribution < 1.29 is 0 Å². The molecule has 0 bridgehead atoms. The van der Waals surface area contributed by atoms with E-state index < -0.39 is 0 Å². The number of benzene rings is 1. The molecule has 2 heteroatoms. The Morgan fingerprint density at radius 3 is 2.68 bits per heavy atom. The molecule has 0 spiro atoms. The Labute approximate surface area is 119 Å². The topological polar surface area (TPSA) is 12.0 Å². The Balaban J connectivity index is 1.93. The minimum atomic E-state index is 0.362. The largest absolute Gasteiger partial charge is 0.306 e. The van der Waals surface area contributed by atoms with Crippen LogP contribution >= 0.6 is 11.3 Å². The summed E-state index contributed by atoms with van der Waals surface area (Å²) in [6.07, 6.45) is 3.91. The van der Waals surface area contributed by atoms with Crippen molar-refractivity contribution in [2.75, 3.05) is 6.54 Å². The maximum absolute atomic E-state index is 3.63. The summed E-state index contributed by atoms with van der Waals surface area (Å²) < 4.78 is 0. The summed E-state index contributed by atoms with van der Waals surface area (Å²) in [5.74, 6) is 0. The average molecular weight is 271 g/mol. The molecule has 3 rings (SSSR count). The van der Waals surface area contributed by atoms with E-state index in [-0.39, 0.29) is 0 Å². The van der Waals surface area contributed by atoms with Crippen LogP contribution in [0.15, 0.2) is 30.3 Å². The van der Waals surface area contributed by atoms with Gasteiger partial charge < -0.3 is 5.32 Å². The van der Waals surface area contributed by atoms with Crippen molar-refractivity contribution in [2.45, 2.75) is 39.2 Å². The summed E-state index contributed by atoms with van der Waals surface area (Å²) in [6, 6.07) is 11.7. The zero-order valence-corrected chi connectivity index (χ0v) is 12.5. The number of hydrogen-bond acceptors (Lipinski definition) is 2. The van der Waals surface area contributed by atoms with Gasteiger partial charge in [0.2, 0.25) is 0 Å². The fraction of sp³-hybridized carbons (Fsp3) is 0.412. The van der Waals surface area contributed by atoms with Crippen LogP contribution < -0.4 is 5.32 Å². The summed E-state index contributed by atoms with van der Waals surface area (Å²) in [6.45, 7) is 5.33. The SMILES string of the molecule is CCNC(c1ccc(C)cc1)c1cc2c(s1)CCC2. The summed E-state index contributed by atoms with van der Waals surface area (Å²) >= 11 is 2.01. The summed E-state index contributed by atoms with van der Waals surface area (Å²) in [5, 5.41) is 3.63. The van der Waals surface area contributed by atoms with Crippen LogP contribution in [0.5, 0.6) is 0 Å². The molecule has 100 valence electrons. The number of aryl methyl sites for hydroxylation is 3. The van der Waals surface area contributed by atoms with E-state index in [2.05, 4.69) is 49.5 Å². The first-order valence-corrected chi connectivity index (χ1v) is 8.01. The monoisotopic (exact) mass is 271 g/mol. The summed E-state index contributed by atoms with van der Waals surface area (Å²) in [4.78, 5) is 3.10. The van der Waals surface area contributed by atoms with Gasteiger partial charge >= 0.3 is 0 Å². The first-order valence-electron chi connectivity index (χ1n) is 7.19. The van der Waals surface area contributed by atoms with Crippen LogP contribution in [0.1, 0.15) is 45.8 Å². The molecule has 1 aromatic heterocycles. The van der Waals surface area contributed by atoms with E-state index in [0.717, 1.165) is 6.54 Å². The van der Waals surface area contributed by atoms with E-state index in [0.29, 0.717) is 6.04 Å². The van der Waals surface area contributed by atoms with Gasteiger partial charge in [-0.1, -0.05) is 36.8 Å². The molecule has 1 atom stereocenters. The standard InChI is InChI=1S/C17H21NS/c1-3-18-17(13-9-7-12(2)8-10-13)16-11-14-5-4-6-15(14)19-16/h7-11,17-18H,3-6H2,1-2H3. The van der Waals surface area contributed by atoms with Crippen LogP contribution in [0.25, 0.3) is 0 Å². The molecule has 0 amide bonds. The Hall–Kier alpha value is -1.12. The van der Waals surface area contributed by atoms with Crippen LogP contribution in [-0.2, 0) is 12.8 Å². The lowest BCUT2D eigenvalue weighted by Crippen LogP contribution is -2.21. The minimum absolute atomic E-state index is 0.362. The van der Waals surface area contributed by atoms with Gasteiger partial charge in [-0.3, -0.25) is 0 Å². The number of hydrogen-bond donors (Lipinski definition) is 1. The average Bonchev–Trinajstić information content (AvgIpc) is 2.98. The molecule has 0 fully saturated rings. The van der Waals surface area contributed by atoms with Crippen molar-refractivity contribution in [1.29, 1.82) is 0 Å². The lowest BCUT2D eigenvalue weighted by atomic mass is 10.0. The highest BCUT2D eigenvalue weighted by atomic mass is 32.1. The van der Waals surface area contributed by atoms with Gasteiger partial charge in [0.15, 0.2) is 0 Å². The van der Waals surface area contributed by atoms with Crippen molar-refractivity contribution in [3.8, 4) is 0 Å². The van der Waals surface area contributed by atoms with Crippen LogP contribution in [0, 0.1) is 6.92 Å². The predicted molar refractivity (Wildman–Crippen MR) is 83.0 cm³/mol. The fourth-order valence-electron chi connectivity index (χ4n) is 2.84. The predicted octanol–water partition coefficient (Wildman–Crippen LogP) is 4.24. The van der Waals surface area contributed by atoms with E-state index in [1.807, 2.05) is 11.3 Å². The molecule has 1 heterocycles. The fourth-order valence-corrected chi connectivity index (χ4v) is 4.20. The van der Waals surface area contributed by atoms with E-state index >= 15 is 0 Å². The molecule has 1 aliphatic rings. The van der Waals surface area contributed by atoms with Crippen LogP contribution in [0.2, 0.25) is 0 Å². The molecular weight excluding hydrogens is 250 g/mol. The van der Waals surface area contributed by atoms with E-state index in [1.54, 1.807) is 10.4 Å². The van der Waals surface area contributed by atoms with Crippen LogP contribution in [0.3, 0.4) is 0 Å². The maximum atomic E-state index is 3.63. The van der Waals surface area contributed by atoms with Crippen molar-refractivity contribution in [3.05, 3.63) is 56.8 Å². The molecule has 19 heavy (non-hydrogen) atoms.